The van der Waals surface area contributed by atoms with Crippen molar-refractivity contribution >= 4 is 12.0 Å². The Balaban J connectivity index is 1.66. The van der Waals surface area contributed by atoms with Gasteiger partial charge in [-0.3, -0.25) is 4.79 Å². The fourth-order valence-electron chi connectivity index (χ4n) is 2.48. The van der Waals surface area contributed by atoms with E-state index in [4.69, 9.17) is 9.47 Å². The number of amides is 1. The zero-order chi connectivity index (χ0) is 17.8. The van der Waals surface area contributed by atoms with Crippen LogP contribution in [0.2, 0.25) is 0 Å². The van der Waals surface area contributed by atoms with Crippen molar-refractivity contribution in [2.45, 2.75) is 13.0 Å². The number of carbonyl (C=O) groups excluding carboxylic acids is 1. The lowest BCUT2D eigenvalue weighted by Gasteiger charge is -2.20. The van der Waals surface area contributed by atoms with Crippen LogP contribution in [0.15, 0.2) is 42.5 Å². The van der Waals surface area contributed by atoms with Crippen molar-refractivity contribution in [1.82, 2.24) is 5.32 Å². The van der Waals surface area contributed by atoms with E-state index >= 15 is 0 Å². The van der Waals surface area contributed by atoms with Gasteiger partial charge >= 0.3 is 0 Å². The Kier molecular flexibility index (Phi) is 4.97. The summed E-state index contributed by atoms with van der Waals surface area (Å²) in [4.78, 5) is 12.0. The molecular formula is C19H17F2NO3. The molecule has 0 fully saturated rings. The van der Waals surface area contributed by atoms with Gasteiger partial charge in [-0.05, 0) is 48.9 Å². The summed E-state index contributed by atoms with van der Waals surface area (Å²) in [7, 11) is 0. The molecule has 1 N–H and O–H groups in total. The van der Waals surface area contributed by atoms with E-state index in [0.29, 0.717) is 24.7 Å². The van der Waals surface area contributed by atoms with Gasteiger partial charge < -0.3 is 14.8 Å². The summed E-state index contributed by atoms with van der Waals surface area (Å²) < 4.78 is 37.6. The first-order valence-corrected chi connectivity index (χ1v) is 7.86. The molecule has 1 aliphatic heterocycles. The van der Waals surface area contributed by atoms with Gasteiger partial charge in [0, 0.05) is 11.6 Å². The fourth-order valence-corrected chi connectivity index (χ4v) is 2.48. The first-order chi connectivity index (χ1) is 12.0. The van der Waals surface area contributed by atoms with Gasteiger partial charge in [-0.15, -0.1) is 0 Å². The standard InChI is InChI=1S/C19H17F2NO3/c1-12(13-2-6-17-18(11-13)25-9-8-24-17)22-19(23)7-3-14-10-15(20)4-5-16(14)21/h2-7,10-12H,8-9H2,1H3,(H,22,23). The number of nitrogens with one attached hydrogen (secondary N) is 1. The van der Waals surface area contributed by atoms with Gasteiger partial charge in [-0.1, -0.05) is 6.07 Å². The maximum atomic E-state index is 13.5. The van der Waals surface area contributed by atoms with E-state index in [1.807, 2.05) is 19.1 Å². The van der Waals surface area contributed by atoms with Crippen LogP contribution < -0.4 is 14.8 Å². The molecule has 0 aromatic heterocycles. The molecule has 1 atom stereocenters. The lowest BCUT2D eigenvalue weighted by molar-refractivity contribution is -0.117. The van der Waals surface area contributed by atoms with Gasteiger partial charge in [0.2, 0.25) is 5.91 Å². The number of halogens is 2. The summed E-state index contributed by atoms with van der Waals surface area (Å²) in [6.45, 7) is 2.82. The predicted molar refractivity (Wildman–Crippen MR) is 89.4 cm³/mol. The third-order valence-corrected chi connectivity index (χ3v) is 3.80. The molecule has 1 aliphatic rings. The molecule has 2 aromatic rings. The second-order valence-electron chi connectivity index (χ2n) is 5.63. The molecule has 1 unspecified atom stereocenters. The van der Waals surface area contributed by atoms with Gasteiger partial charge in [0.1, 0.15) is 24.8 Å². The molecule has 0 bridgehead atoms. The normalized spacial score (nSPS) is 14.4. The maximum absolute atomic E-state index is 13.5. The van der Waals surface area contributed by atoms with Crippen molar-refractivity contribution in [3.8, 4) is 11.5 Å². The smallest absolute Gasteiger partial charge is 0.244 e. The third-order valence-electron chi connectivity index (χ3n) is 3.80. The van der Waals surface area contributed by atoms with E-state index in [1.54, 1.807) is 6.07 Å². The Morgan fingerprint density at radius 2 is 1.88 bits per heavy atom. The Morgan fingerprint density at radius 3 is 2.68 bits per heavy atom. The lowest BCUT2D eigenvalue weighted by Crippen LogP contribution is -2.25. The summed E-state index contributed by atoms with van der Waals surface area (Å²) >= 11 is 0. The number of hydrogen-bond acceptors (Lipinski definition) is 3. The molecule has 0 radical (unpaired) electrons. The van der Waals surface area contributed by atoms with Crippen molar-refractivity contribution in [2.75, 3.05) is 13.2 Å². The number of fused-ring (bicyclic) bond motifs is 1. The predicted octanol–water partition coefficient (Wildman–Crippen LogP) is 3.63. The first-order valence-electron chi connectivity index (χ1n) is 7.86. The summed E-state index contributed by atoms with van der Waals surface area (Å²) in [5.41, 5.74) is 0.866. The minimum atomic E-state index is -0.592. The van der Waals surface area contributed by atoms with Crippen molar-refractivity contribution in [2.24, 2.45) is 0 Å². The van der Waals surface area contributed by atoms with E-state index in [2.05, 4.69) is 5.32 Å². The van der Waals surface area contributed by atoms with Gasteiger partial charge in [0.15, 0.2) is 11.5 Å². The van der Waals surface area contributed by atoms with E-state index in [9.17, 15) is 13.6 Å². The molecule has 1 amide bonds. The Bertz CT molecular complexity index is 820. The summed E-state index contributed by atoms with van der Waals surface area (Å²) in [5, 5.41) is 2.77. The zero-order valence-electron chi connectivity index (χ0n) is 13.6. The number of carbonyl (C=O) groups is 1. The van der Waals surface area contributed by atoms with Crippen LogP contribution in [0, 0.1) is 11.6 Å². The van der Waals surface area contributed by atoms with Crippen molar-refractivity contribution in [3.63, 3.8) is 0 Å². The first kappa shape index (κ1) is 17.0. The SMILES string of the molecule is CC(NC(=O)C=Cc1cc(F)ccc1F)c1ccc2c(c1)OCCO2. The van der Waals surface area contributed by atoms with Gasteiger partial charge in [-0.2, -0.15) is 0 Å². The second kappa shape index (κ2) is 7.34. The molecule has 4 nitrogen and oxygen atoms in total. The highest BCUT2D eigenvalue weighted by Crippen LogP contribution is 2.32. The van der Waals surface area contributed by atoms with Crippen LogP contribution in [0.5, 0.6) is 11.5 Å². The molecule has 2 aromatic carbocycles. The van der Waals surface area contributed by atoms with Crippen LogP contribution in [0.4, 0.5) is 8.78 Å². The topological polar surface area (TPSA) is 47.6 Å². The molecule has 25 heavy (non-hydrogen) atoms. The van der Waals surface area contributed by atoms with Crippen molar-refractivity contribution < 1.29 is 23.0 Å². The van der Waals surface area contributed by atoms with Crippen LogP contribution in [0.3, 0.4) is 0 Å². The quantitative estimate of drug-likeness (QED) is 0.861. The summed E-state index contributed by atoms with van der Waals surface area (Å²) in [6, 6.07) is 8.24. The Labute approximate surface area is 144 Å². The molecule has 130 valence electrons. The number of ether oxygens (including phenoxy) is 2. The van der Waals surface area contributed by atoms with E-state index in [0.717, 1.165) is 23.8 Å². The lowest BCUT2D eigenvalue weighted by atomic mass is 10.1. The molecule has 0 spiro atoms. The monoisotopic (exact) mass is 345 g/mol. The fraction of sp³-hybridized carbons (Fsp3) is 0.211. The highest BCUT2D eigenvalue weighted by molar-refractivity contribution is 5.92. The minimum Gasteiger partial charge on any atom is -0.486 e. The highest BCUT2D eigenvalue weighted by Gasteiger charge is 2.15. The molecular weight excluding hydrogens is 328 g/mol. The van der Waals surface area contributed by atoms with Crippen LogP contribution in [-0.2, 0) is 4.79 Å². The van der Waals surface area contributed by atoms with Crippen LogP contribution in [-0.4, -0.2) is 19.1 Å². The second-order valence-corrected chi connectivity index (χ2v) is 5.63. The van der Waals surface area contributed by atoms with Crippen LogP contribution in [0.1, 0.15) is 24.1 Å². The highest BCUT2D eigenvalue weighted by atomic mass is 19.1. The molecule has 6 heteroatoms. The average molecular weight is 345 g/mol. The summed E-state index contributed by atoms with van der Waals surface area (Å²) in [6.07, 6.45) is 2.41. The molecule has 0 saturated heterocycles. The molecule has 3 rings (SSSR count). The van der Waals surface area contributed by atoms with Crippen molar-refractivity contribution in [3.05, 3.63) is 65.2 Å². The maximum Gasteiger partial charge on any atom is 0.244 e. The minimum absolute atomic E-state index is 0.0159. The van der Waals surface area contributed by atoms with Gasteiger partial charge in [0.05, 0.1) is 6.04 Å². The van der Waals surface area contributed by atoms with Gasteiger partial charge in [-0.25, -0.2) is 8.78 Å². The molecule has 0 aliphatic carbocycles. The Morgan fingerprint density at radius 1 is 1.12 bits per heavy atom. The van der Waals surface area contributed by atoms with Crippen molar-refractivity contribution in [1.29, 1.82) is 0 Å². The van der Waals surface area contributed by atoms with Gasteiger partial charge in [0.25, 0.3) is 0 Å². The zero-order valence-corrected chi connectivity index (χ0v) is 13.6. The van der Waals surface area contributed by atoms with Crippen LogP contribution >= 0.6 is 0 Å². The number of hydrogen-bond donors (Lipinski definition) is 1. The van der Waals surface area contributed by atoms with Crippen LogP contribution in [0.25, 0.3) is 6.08 Å². The Hall–Kier alpha value is -2.89. The van der Waals surface area contributed by atoms with E-state index < -0.39 is 17.5 Å². The largest absolute Gasteiger partial charge is 0.486 e. The van der Waals surface area contributed by atoms with E-state index in [-0.39, 0.29) is 11.6 Å². The third kappa shape index (κ3) is 4.15. The summed E-state index contributed by atoms with van der Waals surface area (Å²) in [5.74, 6) is -0.250. The molecule has 0 saturated carbocycles. The molecule has 1 heterocycles. The number of rotatable bonds is 4. The number of benzene rings is 2. The average Bonchev–Trinajstić information content (AvgIpc) is 2.62. The van der Waals surface area contributed by atoms with E-state index in [1.165, 1.54) is 12.2 Å².